The Morgan fingerprint density at radius 1 is 1.43 bits per heavy atom. The van der Waals surface area contributed by atoms with Crippen LogP contribution in [0.2, 0.25) is 0 Å². The molecule has 0 atom stereocenters. The van der Waals surface area contributed by atoms with Gasteiger partial charge in [-0.05, 0) is 24.5 Å². The van der Waals surface area contributed by atoms with Gasteiger partial charge in [0.15, 0.2) is 0 Å². The molecule has 0 aromatic rings. The van der Waals surface area contributed by atoms with Gasteiger partial charge in [0, 0.05) is 5.25 Å². The lowest BCUT2D eigenvalue weighted by atomic mass is 10.3. The molecule has 0 unspecified atom stereocenters. The Hall–Kier alpha value is 0.700. The van der Waals surface area contributed by atoms with Gasteiger partial charge in [0.25, 0.3) is 0 Å². The van der Waals surface area contributed by atoms with Crippen LogP contribution < -0.4 is 0 Å². The molecule has 0 nitrogen and oxygen atoms in total. The van der Waals surface area contributed by atoms with E-state index in [4.69, 9.17) is 11.7 Å². The molecule has 0 aromatic heterocycles. The van der Waals surface area contributed by atoms with Crippen LogP contribution in [0.4, 0.5) is 0 Å². The first-order chi connectivity index (χ1) is 3.35. The average molecular weight is 135 g/mol. The number of hydrogen-bond acceptors (Lipinski definition) is 1. The molecule has 0 N–H and O–H groups in total. The highest BCUT2D eigenvalue weighted by atomic mass is 33.1. The predicted octanol–water partition coefficient (Wildman–Crippen LogP) is 3.02. The monoisotopic (exact) mass is 135 g/mol. The molecule has 0 rings (SSSR count). The molecule has 0 aliphatic heterocycles. The lowest BCUT2D eigenvalue weighted by Gasteiger charge is -2.03. The van der Waals surface area contributed by atoms with Crippen LogP contribution in [-0.4, -0.2) is 5.25 Å². The van der Waals surface area contributed by atoms with E-state index < -0.39 is 0 Å². The highest BCUT2D eigenvalue weighted by molar-refractivity contribution is 8.68. The van der Waals surface area contributed by atoms with Crippen molar-refractivity contribution in [1.29, 1.82) is 0 Å². The van der Waals surface area contributed by atoms with Gasteiger partial charge in [0.2, 0.25) is 0 Å². The third-order valence-corrected chi connectivity index (χ3v) is 2.80. The van der Waals surface area contributed by atoms with Crippen LogP contribution in [0.1, 0.15) is 26.7 Å². The van der Waals surface area contributed by atoms with Crippen LogP contribution in [0.15, 0.2) is 0 Å². The lowest BCUT2D eigenvalue weighted by Crippen LogP contribution is -1.92. The maximum absolute atomic E-state index is 4.79. The largest absolute Gasteiger partial charge is 0.0783 e. The van der Waals surface area contributed by atoms with Gasteiger partial charge in [-0.1, -0.05) is 24.6 Å². The highest BCUT2D eigenvalue weighted by Gasteiger charge is 1.98. The lowest BCUT2D eigenvalue weighted by molar-refractivity contribution is 0.797. The zero-order valence-corrected chi connectivity index (χ0v) is 6.44. The normalized spacial score (nSPS) is 10.3. The molecule has 43 valence electrons. The molecule has 1 radical (unpaired) electrons. The maximum Gasteiger partial charge on any atom is 0.0154 e. The second-order valence-electron chi connectivity index (χ2n) is 1.53. The molecule has 0 saturated carbocycles. The summed E-state index contributed by atoms with van der Waals surface area (Å²) < 4.78 is 0. The van der Waals surface area contributed by atoms with Crippen molar-refractivity contribution in [2.24, 2.45) is 0 Å². The molecule has 0 amide bonds. The Balaban J connectivity index is 2.99. The summed E-state index contributed by atoms with van der Waals surface area (Å²) in [5, 5.41) is 0.718. The molecular formula is C5H11S2. The fourth-order valence-corrected chi connectivity index (χ4v) is 1.51. The van der Waals surface area contributed by atoms with Crippen LogP contribution in [-0.2, 0) is 0 Å². The van der Waals surface area contributed by atoms with E-state index in [0.29, 0.717) is 0 Å². The first-order valence-electron chi connectivity index (χ1n) is 2.63. The molecular weight excluding hydrogens is 124 g/mol. The minimum absolute atomic E-state index is 0.718. The molecule has 0 aliphatic rings. The molecule has 2 heteroatoms. The van der Waals surface area contributed by atoms with Crippen molar-refractivity contribution in [1.82, 2.24) is 0 Å². The van der Waals surface area contributed by atoms with Gasteiger partial charge < -0.3 is 0 Å². The van der Waals surface area contributed by atoms with E-state index in [0.717, 1.165) is 5.25 Å². The van der Waals surface area contributed by atoms with E-state index in [-0.39, 0.29) is 0 Å². The molecule has 0 aromatic carbocycles. The molecule has 0 aliphatic carbocycles. The van der Waals surface area contributed by atoms with Gasteiger partial charge in [-0.2, -0.15) is 0 Å². The van der Waals surface area contributed by atoms with Crippen LogP contribution in [0.3, 0.4) is 0 Å². The summed E-state index contributed by atoms with van der Waals surface area (Å²) in [6, 6.07) is 0. The van der Waals surface area contributed by atoms with Crippen molar-refractivity contribution in [2.75, 3.05) is 0 Å². The van der Waals surface area contributed by atoms with Crippen LogP contribution >= 0.6 is 22.5 Å². The van der Waals surface area contributed by atoms with E-state index in [1.807, 2.05) is 0 Å². The maximum atomic E-state index is 4.79. The van der Waals surface area contributed by atoms with Crippen molar-refractivity contribution in [2.45, 2.75) is 31.9 Å². The van der Waals surface area contributed by atoms with Gasteiger partial charge in [-0.3, -0.25) is 0 Å². The number of rotatable bonds is 3. The Labute approximate surface area is 54.9 Å². The standard InChI is InChI=1S/C5H11S2/c1-3-5(4-2)7-6/h5H,3-4H2,1-2H3. The van der Waals surface area contributed by atoms with Crippen molar-refractivity contribution < 1.29 is 0 Å². The highest BCUT2D eigenvalue weighted by Crippen LogP contribution is 2.20. The fourth-order valence-electron chi connectivity index (χ4n) is 0.425. The Kier molecular flexibility index (Phi) is 5.33. The van der Waals surface area contributed by atoms with Crippen molar-refractivity contribution >= 4 is 22.5 Å². The Morgan fingerprint density at radius 2 is 1.86 bits per heavy atom. The van der Waals surface area contributed by atoms with Crippen molar-refractivity contribution in [3.8, 4) is 0 Å². The van der Waals surface area contributed by atoms with E-state index in [9.17, 15) is 0 Å². The molecule has 7 heavy (non-hydrogen) atoms. The zero-order chi connectivity index (χ0) is 5.70. The van der Waals surface area contributed by atoms with E-state index in [2.05, 4.69) is 13.8 Å². The quantitative estimate of drug-likeness (QED) is 0.536. The van der Waals surface area contributed by atoms with Crippen molar-refractivity contribution in [3.05, 3.63) is 0 Å². The smallest absolute Gasteiger partial charge is 0.0154 e. The molecule has 0 spiro atoms. The van der Waals surface area contributed by atoms with Crippen LogP contribution in [0, 0.1) is 0 Å². The Bertz CT molecular complexity index is 27.6. The second kappa shape index (κ2) is 4.85. The second-order valence-corrected chi connectivity index (χ2v) is 2.97. The summed E-state index contributed by atoms with van der Waals surface area (Å²) >= 11 is 4.79. The predicted molar refractivity (Wildman–Crippen MR) is 39.6 cm³/mol. The van der Waals surface area contributed by atoms with Gasteiger partial charge in [0.05, 0.1) is 0 Å². The van der Waals surface area contributed by atoms with Gasteiger partial charge in [0.1, 0.15) is 0 Å². The average Bonchev–Trinajstić information content (AvgIpc) is 1.72. The fraction of sp³-hybridized carbons (Fsp3) is 1.00. The number of hydrogen-bond donors (Lipinski definition) is 0. The first kappa shape index (κ1) is 7.70. The summed E-state index contributed by atoms with van der Waals surface area (Å²) in [5.74, 6) is 0. The zero-order valence-electron chi connectivity index (χ0n) is 4.81. The third kappa shape index (κ3) is 3.30. The van der Waals surface area contributed by atoms with Gasteiger partial charge in [-0.15, -0.1) is 0 Å². The van der Waals surface area contributed by atoms with E-state index >= 15 is 0 Å². The summed E-state index contributed by atoms with van der Waals surface area (Å²) in [5.41, 5.74) is 0. The molecule has 0 fully saturated rings. The molecule has 0 heterocycles. The SMILES string of the molecule is CCC(CC)S[S]. The summed E-state index contributed by atoms with van der Waals surface area (Å²) in [6.45, 7) is 4.35. The topological polar surface area (TPSA) is 0 Å². The van der Waals surface area contributed by atoms with Crippen molar-refractivity contribution in [3.63, 3.8) is 0 Å². The minimum atomic E-state index is 0.718. The van der Waals surface area contributed by atoms with E-state index in [1.165, 1.54) is 12.8 Å². The Morgan fingerprint density at radius 3 is 1.86 bits per heavy atom. The molecule has 0 bridgehead atoms. The minimum Gasteiger partial charge on any atom is -0.0783 e. The first-order valence-corrected chi connectivity index (χ1v) is 4.44. The van der Waals surface area contributed by atoms with Crippen LogP contribution in [0.25, 0.3) is 0 Å². The van der Waals surface area contributed by atoms with Gasteiger partial charge >= 0.3 is 0 Å². The van der Waals surface area contributed by atoms with Crippen LogP contribution in [0.5, 0.6) is 0 Å². The van der Waals surface area contributed by atoms with Gasteiger partial charge in [-0.25, -0.2) is 0 Å². The summed E-state index contributed by atoms with van der Waals surface area (Å²) in [6.07, 6.45) is 2.43. The third-order valence-electron chi connectivity index (χ3n) is 1.05. The van der Waals surface area contributed by atoms with E-state index in [1.54, 1.807) is 10.8 Å². The summed E-state index contributed by atoms with van der Waals surface area (Å²) in [7, 11) is 1.55. The summed E-state index contributed by atoms with van der Waals surface area (Å²) in [4.78, 5) is 0. The molecule has 0 saturated heterocycles.